The van der Waals surface area contributed by atoms with Gasteiger partial charge in [-0.15, -0.1) is 0 Å². The van der Waals surface area contributed by atoms with Gasteiger partial charge in [0.05, 0.1) is 0 Å². The van der Waals surface area contributed by atoms with Gasteiger partial charge in [0.2, 0.25) is 0 Å². The van der Waals surface area contributed by atoms with E-state index in [1.165, 1.54) is 12.3 Å². The molecule has 1 heterocycles. The number of aliphatic imine (C=N–C) groups is 1. The first-order chi connectivity index (χ1) is 9.40. The van der Waals surface area contributed by atoms with E-state index in [9.17, 15) is 9.59 Å². The molecule has 0 aromatic rings. The molecular weight excluding hydrogens is 260 g/mol. The first kappa shape index (κ1) is 15.9. The van der Waals surface area contributed by atoms with E-state index in [0.717, 1.165) is 5.57 Å². The molecule has 3 N–H and O–H groups in total. The molecule has 1 aliphatic rings. The molecule has 110 valence electrons. The lowest BCUT2D eigenvalue weighted by Crippen LogP contribution is -2.25. The summed E-state index contributed by atoms with van der Waals surface area (Å²) in [6.45, 7) is 4.43. The average Bonchev–Trinajstić information content (AvgIpc) is 2.37. The second-order valence-corrected chi connectivity index (χ2v) is 5.06. The summed E-state index contributed by atoms with van der Waals surface area (Å²) in [5, 5.41) is 20.7. The molecule has 0 saturated heterocycles. The van der Waals surface area contributed by atoms with Crippen molar-refractivity contribution < 1.29 is 19.8 Å². The highest BCUT2D eigenvalue weighted by Gasteiger charge is 2.16. The minimum atomic E-state index is -1.00. The minimum absolute atomic E-state index is 0.146. The third kappa shape index (κ3) is 5.26. The van der Waals surface area contributed by atoms with Gasteiger partial charge in [-0.25, -0.2) is 9.59 Å². The molecule has 1 atom stereocenters. The van der Waals surface area contributed by atoms with Crippen molar-refractivity contribution in [3.05, 3.63) is 23.4 Å². The Morgan fingerprint density at radius 3 is 2.70 bits per heavy atom. The number of carbonyl (C=O) groups is 2. The van der Waals surface area contributed by atoms with Crippen molar-refractivity contribution in [3.8, 4) is 0 Å². The highest BCUT2D eigenvalue weighted by atomic mass is 16.4. The standard InChI is InChI=1S/C14H20N2O4/c1-9(2)7-11(13(17)18)15-5-3-10-4-6-16-12(8-10)14(19)20/h3,5,8-9,11,16H,4,6-7H2,1-2H3,(H,17,18)(H,19,20). The van der Waals surface area contributed by atoms with Crippen LogP contribution in [0.1, 0.15) is 26.7 Å². The van der Waals surface area contributed by atoms with Gasteiger partial charge in [-0.05, 0) is 36.5 Å². The Morgan fingerprint density at radius 2 is 2.15 bits per heavy atom. The molecule has 0 aliphatic carbocycles. The number of nitrogens with one attached hydrogen (secondary N) is 1. The van der Waals surface area contributed by atoms with Crippen LogP contribution in [-0.4, -0.2) is 41.0 Å². The van der Waals surface area contributed by atoms with Gasteiger partial charge in [0.1, 0.15) is 11.7 Å². The molecular formula is C14H20N2O4. The topological polar surface area (TPSA) is 99.0 Å². The fourth-order valence-electron chi connectivity index (χ4n) is 1.83. The van der Waals surface area contributed by atoms with Crippen LogP contribution in [0.4, 0.5) is 0 Å². The Labute approximate surface area is 117 Å². The minimum Gasteiger partial charge on any atom is -0.480 e. The van der Waals surface area contributed by atoms with Gasteiger partial charge < -0.3 is 15.5 Å². The summed E-state index contributed by atoms with van der Waals surface area (Å²) in [6, 6.07) is -0.753. The van der Waals surface area contributed by atoms with Crippen LogP contribution in [-0.2, 0) is 9.59 Å². The van der Waals surface area contributed by atoms with Crippen LogP contribution < -0.4 is 5.32 Å². The molecule has 0 aromatic carbocycles. The Bertz CT molecular complexity index is 464. The zero-order valence-corrected chi connectivity index (χ0v) is 11.7. The van der Waals surface area contributed by atoms with Gasteiger partial charge in [0.25, 0.3) is 0 Å². The third-order valence-electron chi connectivity index (χ3n) is 2.82. The fourth-order valence-corrected chi connectivity index (χ4v) is 1.83. The molecule has 0 spiro atoms. The Hall–Kier alpha value is -2.11. The number of rotatable bonds is 6. The summed E-state index contributed by atoms with van der Waals surface area (Å²) in [6.07, 6.45) is 5.82. The number of carboxylic acids is 2. The number of carboxylic acid groups (broad SMARTS) is 2. The molecule has 0 saturated carbocycles. The van der Waals surface area contributed by atoms with Crippen molar-refractivity contribution in [1.82, 2.24) is 5.32 Å². The summed E-state index contributed by atoms with van der Waals surface area (Å²) in [4.78, 5) is 25.9. The normalized spacial score (nSPS) is 18.9. The predicted molar refractivity (Wildman–Crippen MR) is 75.8 cm³/mol. The van der Waals surface area contributed by atoms with Crippen LogP contribution in [0.25, 0.3) is 0 Å². The van der Waals surface area contributed by atoms with Crippen LogP contribution in [0.15, 0.2) is 28.4 Å². The quantitative estimate of drug-likeness (QED) is 0.639. The number of allylic oxidation sites excluding steroid dienone is 2. The van der Waals surface area contributed by atoms with Crippen LogP contribution >= 0.6 is 0 Å². The molecule has 6 nitrogen and oxygen atoms in total. The molecule has 1 aliphatic heterocycles. The van der Waals surface area contributed by atoms with Crippen molar-refractivity contribution in [2.24, 2.45) is 10.9 Å². The maximum Gasteiger partial charge on any atom is 0.351 e. The molecule has 0 amide bonds. The van der Waals surface area contributed by atoms with Crippen LogP contribution in [0.2, 0.25) is 0 Å². The molecule has 0 fully saturated rings. The van der Waals surface area contributed by atoms with Crippen molar-refractivity contribution in [2.75, 3.05) is 6.54 Å². The first-order valence-corrected chi connectivity index (χ1v) is 6.54. The average molecular weight is 280 g/mol. The van der Waals surface area contributed by atoms with E-state index in [0.29, 0.717) is 19.4 Å². The van der Waals surface area contributed by atoms with Gasteiger partial charge in [-0.2, -0.15) is 0 Å². The zero-order valence-electron chi connectivity index (χ0n) is 11.7. The smallest absolute Gasteiger partial charge is 0.351 e. The number of hydrogen-bond acceptors (Lipinski definition) is 4. The van der Waals surface area contributed by atoms with Gasteiger partial charge in [0.15, 0.2) is 0 Å². The highest BCUT2D eigenvalue weighted by molar-refractivity contribution is 5.87. The van der Waals surface area contributed by atoms with Crippen molar-refractivity contribution >= 4 is 18.2 Å². The zero-order chi connectivity index (χ0) is 15.1. The molecule has 20 heavy (non-hydrogen) atoms. The van der Waals surface area contributed by atoms with Crippen LogP contribution in [0, 0.1) is 5.92 Å². The highest BCUT2D eigenvalue weighted by Crippen LogP contribution is 2.11. The summed E-state index contributed by atoms with van der Waals surface area (Å²) in [5.41, 5.74) is 0.964. The lowest BCUT2D eigenvalue weighted by atomic mass is 10.0. The molecule has 1 unspecified atom stereocenters. The Kier molecular flexibility index (Phi) is 5.96. The largest absolute Gasteiger partial charge is 0.480 e. The fraction of sp³-hybridized carbons (Fsp3) is 0.500. The van der Waals surface area contributed by atoms with E-state index in [1.54, 1.807) is 6.08 Å². The van der Waals surface area contributed by atoms with Crippen LogP contribution in [0.5, 0.6) is 0 Å². The number of nitrogens with zero attached hydrogens (tertiary/aromatic N) is 1. The summed E-state index contributed by atoms with van der Waals surface area (Å²) in [5.74, 6) is -1.70. The SMILES string of the molecule is CC(C)CC(N=CC=C1C=C(C(=O)O)NCC1)C(=O)O. The molecule has 6 heteroatoms. The second kappa shape index (κ2) is 7.47. The van der Waals surface area contributed by atoms with Gasteiger partial charge in [-0.3, -0.25) is 4.99 Å². The van der Waals surface area contributed by atoms with E-state index in [2.05, 4.69) is 10.3 Å². The second-order valence-electron chi connectivity index (χ2n) is 5.06. The Morgan fingerprint density at radius 1 is 1.45 bits per heavy atom. The third-order valence-corrected chi connectivity index (χ3v) is 2.82. The van der Waals surface area contributed by atoms with E-state index in [1.807, 2.05) is 13.8 Å². The van der Waals surface area contributed by atoms with Gasteiger partial charge in [-0.1, -0.05) is 13.8 Å². The lowest BCUT2D eigenvalue weighted by Gasteiger charge is -2.14. The van der Waals surface area contributed by atoms with Crippen LogP contribution in [0.3, 0.4) is 0 Å². The first-order valence-electron chi connectivity index (χ1n) is 6.54. The maximum atomic E-state index is 11.0. The van der Waals surface area contributed by atoms with E-state index >= 15 is 0 Å². The summed E-state index contributed by atoms with van der Waals surface area (Å²) < 4.78 is 0. The van der Waals surface area contributed by atoms with E-state index < -0.39 is 18.0 Å². The number of aliphatic carboxylic acids is 2. The molecule has 0 aromatic heterocycles. The Balaban J connectivity index is 2.74. The number of hydrogen-bond donors (Lipinski definition) is 3. The van der Waals surface area contributed by atoms with Gasteiger partial charge >= 0.3 is 11.9 Å². The molecule has 0 bridgehead atoms. The van der Waals surface area contributed by atoms with Crippen molar-refractivity contribution in [3.63, 3.8) is 0 Å². The maximum absolute atomic E-state index is 11.0. The monoisotopic (exact) mass is 280 g/mol. The summed E-state index contributed by atoms with van der Waals surface area (Å²) >= 11 is 0. The summed E-state index contributed by atoms with van der Waals surface area (Å²) in [7, 11) is 0. The molecule has 0 radical (unpaired) electrons. The van der Waals surface area contributed by atoms with E-state index in [4.69, 9.17) is 10.2 Å². The lowest BCUT2D eigenvalue weighted by molar-refractivity contribution is -0.138. The van der Waals surface area contributed by atoms with Crippen molar-refractivity contribution in [1.29, 1.82) is 0 Å². The van der Waals surface area contributed by atoms with E-state index in [-0.39, 0.29) is 11.6 Å². The van der Waals surface area contributed by atoms with Crippen molar-refractivity contribution in [2.45, 2.75) is 32.7 Å². The predicted octanol–water partition coefficient (Wildman–Crippen LogP) is 1.44. The molecule has 1 rings (SSSR count). The van der Waals surface area contributed by atoms with Gasteiger partial charge in [0, 0.05) is 12.8 Å².